The largest absolute Gasteiger partial charge is 0.494 e. The molecule has 162 valence electrons. The summed E-state index contributed by atoms with van der Waals surface area (Å²) in [5, 5.41) is 3.08. The number of Topliss-reactive ketones (excluding diaryl/α,β-unsaturated/α-hetero) is 2. The third-order valence-corrected chi connectivity index (χ3v) is 6.39. The van der Waals surface area contributed by atoms with E-state index in [1.54, 1.807) is 6.26 Å². The lowest BCUT2D eigenvalue weighted by Crippen LogP contribution is -2.37. The molecule has 31 heavy (non-hydrogen) atoms. The first-order valence-electron chi connectivity index (χ1n) is 11.1. The van der Waals surface area contributed by atoms with Gasteiger partial charge in [-0.3, -0.25) is 14.5 Å². The Hall–Kier alpha value is -2.70. The van der Waals surface area contributed by atoms with Crippen molar-refractivity contribution in [3.63, 3.8) is 0 Å². The number of carbonyl (C=O) groups excluding carboxylic acids is 2. The molecule has 0 bridgehead atoms. The van der Waals surface area contributed by atoms with Crippen LogP contribution in [0, 0.1) is 0 Å². The van der Waals surface area contributed by atoms with Gasteiger partial charge in [-0.1, -0.05) is 6.07 Å². The number of ketones is 2. The van der Waals surface area contributed by atoms with Gasteiger partial charge in [-0.2, -0.15) is 0 Å². The molecule has 1 saturated carbocycles. The monoisotopic (exact) mass is 421 g/mol. The van der Waals surface area contributed by atoms with E-state index < -0.39 is 0 Å². The van der Waals surface area contributed by atoms with E-state index in [-0.39, 0.29) is 23.9 Å². The minimum atomic E-state index is -0.263. The molecule has 1 saturated heterocycles. The van der Waals surface area contributed by atoms with Gasteiger partial charge in [-0.25, -0.2) is 0 Å². The molecule has 6 heteroatoms. The molecule has 0 spiro atoms. The second-order valence-electron chi connectivity index (χ2n) is 8.44. The Bertz CT molecular complexity index is 1110. The second-order valence-corrected chi connectivity index (χ2v) is 8.44. The maximum absolute atomic E-state index is 12.5. The van der Waals surface area contributed by atoms with Crippen molar-refractivity contribution in [3.05, 3.63) is 42.2 Å². The van der Waals surface area contributed by atoms with Crippen LogP contribution in [0.2, 0.25) is 0 Å². The van der Waals surface area contributed by atoms with E-state index >= 15 is 0 Å². The minimum Gasteiger partial charge on any atom is -0.494 e. The van der Waals surface area contributed by atoms with Gasteiger partial charge in [0.1, 0.15) is 22.9 Å². The molecule has 5 rings (SSSR count). The van der Waals surface area contributed by atoms with Crippen LogP contribution in [0.5, 0.6) is 5.75 Å². The van der Waals surface area contributed by atoms with Crippen molar-refractivity contribution < 1.29 is 23.5 Å². The molecule has 3 aromatic rings. The molecule has 2 aliphatic rings. The third-order valence-electron chi connectivity index (χ3n) is 6.39. The SMILES string of the molecule is O=C1CCC(c2coc3ccc4cc(OCCCN5CCOCC5)ccc4c23)C(=O)C1. The zero-order chi connectivity index (χ0) is 21.2. The highest BCUT2D eigenvalue weighted by Gasteiger charge is 2.31. The number of carbonyl (C=O) groups is 2. The molecule has 1 aliphatic carbocycles. The van der Waals surface area contributed by atoms with Gasteiger partial charge in [0.25, 0.3) is 0 Å². The second kappa shape index (κ2) is 8.81. The Labute approximate surface area is 181 Å². The third kappa shape index (κ3) is 4.23. The van der Waals surface area contributed by atoms with E-state index in [0.717, 1.165) is 72.3 Å². The Morgan fingerprint density at radius 2 is 1.97 bits per heavy atom. The number of hydrogen-bond acceptors (Lipinski definition) is 6. The van der Waals surface area contributed by atoms with Crippen LogP contribution in [-0.4, -0.2) is 55.9 Å². The Morgan fingerprint density at radius 1 is 1.10 bits per heavy atom. The summed E-state index contributed by atoms with van der Waals surface area (Å²) in [5.74, 6) is 0.615. The highest BCUT2D eigenvalue weighted by Crippen LogP contribution is 2.38. The van der Waals surface area contributed by atoms with Crippen LogP contribution in [0.3, 0.4) is 0 Å². The summed E-state index contributed by atoms with van der Waals surface area (Å²) < 4.78 is 17.2. The fourth-order valence-electron chi connectivity index (χ4n) is 4.72. The minimum absolute atomic E-state index is 0.00354. The van der Waals surface area contributed by atoms with Crippen molar-refractivity contribution in [2.45, 2.75) is 31.6 Å². The van der Waals surface area contributed by atoms with Crippen LogP contribution in [-0.2, 0) is 14.3 Å². The van der Waals surface area contributed by atoms with Crippen LogP contribution < -0.4 is 4.74 Å². The number of furan rings is 1. The highest BCUT2D eigenvalue weighted by molar-refractivity contribution is 6.11. The Balaban J connectivity index is 1.33. The summed E-state index contributed by atoms with van der Waals surface area (Å²) in [7, 11) is 0. The van der Waals surface area contributed by atoms with Gasteiger partial charge in [0.2, 0.25) is 0 Å². The average molecular weight is 421 g/mol. The number of rotatable bonds is 6. The Kier molecular flexibility index (Phi) is 5.74. The van der Waals surface area contributed by atoms with Crippen LogP contribution >= 0.6 is 0 Å². The summed E-state index contributed by atoms with van der Waals surface area (Å²) in [6.07, 6.45) is 3.72. The van der Waals surface area contributed by atoms with Crippen LogP contribution in [0.15, 0.2) is 41.0 Å². The highest BCUT2D eigenvalue weighted by atomic mass is 16.5. The molecule has 2 aromatic carbocycles. The molecule has 0 amide bonds. The molecule has 1 atom stereocenters. The summed E-state index contributed by atoms with van der Waals surface area (Å²) in [6.45, 7) is 5.32. The van der Waals surface area contributed by atoms with E-state index in [1.165, 1.54) is 0 Å². The molecular weight excluding hydrogens is 394 g/mol. The number of ether oxygens (including phenoxy) is 2. The summed E-state index contributed by atoms with van der Waals surface area (Å²) in [4.78, 5) is 26.5. The van der Waals surface area contributed by atoms with Gasteiger partial charge in [0.15, 0.2) is 0 Å². The van der Waals surface area contributed by atoms with E-state index in [4.69, 9.17) is 13.9 Å². The van der Waals surface area contributed by atoms with Gasteiger partial charge in [0, 0.05) is 42.9 Å². The summed E-state index contributed by atoms with van der Waals surface area (Å²) >= 11 is 0. The van der Waals surface area contributed by atoms with Crippen molar-refractivity contribution in [2.75, 3.05) is 39.5 Å². The fourth-order valence-corrected chi connectivity index (χ4v) is 4.72. The van der Waals surface area contributed by atoms with Gasteiger partial charge >= 0.3 is 0 Å². The lowest BCUT2D eigenvalue weighted by atomic mass is 9.81. The number of hydrogen-bond donors (Lipinski definition) is 0. The van der Waals surface area contributed by atoms with Crippen molar-refractivity contribution in [1.82, 2.24) is 4.90 Å². The predicted molar refractivity (Wildman–Crippen MR) is 118 cm³/mol. The van der Waals surface area contributed by atoms with Gasteiger partial charge in [-0.15, -0.1) is 0 Å². The van der Waals surface area contributed by atoms with Gasteiger partial charge in [-0.05, 0) is 47.9 Å². The van der Waals surface area contributed by atoms with Crippen molar-refractivity contribution in [3.8, 4) is 5.75 Å². The van der Waals surface area contributed by atoms with E-state index in [1.807, 2.05) is 30.3 Å². The Morgan fingerprint density at radius 3 is 2.81 bits per heavy atom. The molecular formula is C25H27NO5. The van der Waals surface area contributed by atoms with Crippen LogP contribution in [0.1, 0.15) is 37.2 Å². The van der Waals surface area contributed by atoms with E-state index in [2.05, 4.69) is 4.90 Å². The molecule has 0 N–H and O–H groups in total. The lowest BCUT2D eigenvalue weighted by molar-refractivity contribution is -0.130. The first-order chi connectivity index (χ1) is 15.2. The van der Waals surface area contributed by atoms with E-state index in [0.29, 0.717) is 19.4 Å². The van der Waals surface area contributed by atoms with E-state index in [9.17, 15) is 9.59 Å². The first kappa shape index (κ1) is 20.2. The fraction of sp³-hybridized carbons (Fsp3) is 0.440. The molecule has 1 aliphatic heterocycles. The van der Waals surface area contributed by atoms with Crippen molar-refractivity contribution in [1.29, 1.82) is 0 Å². The zero-order valence-electron chi connectivity index (χ0n) is 17.6. The number of morpholine rings is 1. The molecule has 2 heterocycles. The normalized spacial score (nSPS) is 20.6. The lowest BCUT2D eigenvalue weighted by Gasteiger charge is -2.26. The van der Waals surface area contributed by atoms with Crippen molar-refractivity contribution in [2.24, 2.45) is 0 Å². The smallest absolute Gasteiger partial charge is 0.147 e. The van der Waals surface area contributed by atoms with Crippen molar-refractivity contribution >= 4 is 33.3 Å². The summed E-state index contributed by atoms with van der Waals surface area (Å²) in [5.41, 5.74) is 1.67. The molecule has 1 aromatic heterocycles. The van der Waals surface area contributed by atoms with Gasteiger partial charge < -0.3 is 13.9 Å². The molecule has 0 radical (unpaired) electrons. The molecule has 1 unspecified atom stereocenters. The first-order valence-corrected chi connectivity index (χ1v) is 11.1. The van der Waals surface area contributed by atoms with Crippen LogP contribution in [0.4, 0.5) is 0 Å². The summed E-state index contributed by atoms with van der Waals surface area (Å²) in [6, 6.07) is 10.1. The average Bonchev–Trinajstić information content (AvgIpc) is 3.21. The maximum Gasteiger partial charge on any atom is 0.147 e. The predicted octanol–water partition coefficient (Wildman–Crippen LogP) is 4.09. The topological polar surface area (TPSA) is 69.0 Å². The van der Waals surface area contributed by atoms with Gasteiger partial charge in [0.05, 0.1) is 32.5 Å². The quantitative estimate of drug-likeness (QED) is 0.441. The van der Waals surface area contributed by atoms with Crippen LogP contribution in [0.25, 0.3) is 21.7 Å². The standard InChI is InChI=1S/C25H27NO5/c27-18-3-5-21(23(28)15-18)22-16-31-24-7-2-17-14-19(4-6-20(17)25(22)24)30-11-1-8-26-9-12-29-13-10-26/h2,4,6-7,14,16,21H,1,3,5,8-13,15H2. The number of fused-ring (bicyclic) bond motifs is 3. The zero-order valence-corrected chi connectivity index (χ0v) is 17.6. The molecule has 6 nitrogen and oxygen atoms in total. The number of nitrogens with zero attached hydrogens (tertiary/aromatic N) is 1. The maximum atomic E-state index is 12.5. The number of benzene rings is 2. The molecule has 2 fully saturated rings.